The predicted molar refractivity (Wildman–Crippen MR) is 272 cm³/mol. The molecule has 0 saturated heterocycles. The van der Waals surface area contributed by atoms with Gasteiger partial charge < -0.3 is 14.1 Å². The number of ether oxygens (including phenoxy) is 1. The van der Waals surface area contributed by atoms with Crippen molar-refractivity contribution in [3.8, 4) is 56.1 Å². The van der Waals surface area contributed by atoms with E-state index >= 15 is 0 Å². The van der Waals surface area contributed by atoms with E-state index in [4.69, 9.17) is 4.74 Å². The van der Waals surface area contributed by atoms with Gasteiger partial charge in [0.2, 0.25) is 0 Å². The lowest BCUT2D eigenvalue weighted by Crippen LogP contribution is -2.57. The van der Waals surface area contributed by atoms with Gasteiger partial charge in [-0.1, -0.05) is 178 Å². The number of nitrogens with zero attached hydrogens (tertiary/aromatic N) is 2. The third kappa shape index (κ3) is 5.60. The lowest BCUT2D eigenvalue weighted by molar-refractivity contribution is 0.487. The van der Waals surface area contributed by atoms with E-state index in [0.29, 0.717) is 0 Å². The molecule has 8 aromatic carbocycles. The van der Waals surface area contributed by atoms with Gasteiger partial charge in [0.1, 0.15) is 11.5 Å². The van der Waals surface area contributed by atoms with E-state index in [0.717, 1.165) is 28.1 Å². The topological polar surface area (TPSA) is 17.4 Å². The Bertz CT molecular complexity index is 3390. The minimum atomic E-state index is -0.151. The molecule has 0 aliphatic carbocycles. The summed E-state index contributed by atoms with van der Waals surface area (Å²) in [6, 6.07) is 59.5. The van der Waals surface area contributed by atoms with E-state index in [1.807, 2.05) is 0 Å². The van der Waals surface area contributed by atoms with Crippen LogP contribution in [0.1, 0.15) is 79.0 Å². The Morgan fingerprint density at radius 3 is 1.77 bits per heavy atom. The summed E-state index contributed by atoms with van der Waals surface area (Å²) >= 11 is 0. The maximum Gasteiger partial charge on any atom is 0.333 e. The average molecular weight is 829 g/mol. The number of anilines is 3. The highest BCUT2D eigenvalue weighted by molar-refractivity contribution is 6.90. The van der Waals surface area contributed by atoms with E-state index in [-0.39, 0.29) is 23.1 Å². The number of fused-ring (bicyclic) bond motifs is 7. The van der Waals surface area contributed by atoms with Crippen molar-refractivity contribution in [2.45, 2.75) is 78.6 Å². The van der Waals surface area contributed by atoms with Crippen molar-refractivity contribution in [3.63, 3.8) is 0 Å². The minimum absolute atomic E-state index is 0.0194. The van der Waals surface area contributed by atoms with Gasteiger partial charge in [-0.05, 0) is 109 Å². The summed E-state index contributed by atoms with van der Waals surface area (Å²) < 4.78 is 9.54. The first-order valence-electron chi connectivity index (χ1n) is 23.0. The van der Waals surface area contributed by atoms with Crippen LogP contribution in [-0.4, -0.2) is 11.3 Å². The van der Waals surface area contributed by atoms with Crippen LogP contribution in [0.4, 0.5) is 17.1 Å². The van der Waals surface area contributed by atoms with E-state index < -0.39 is 0 Å². The molecule has 312 valence electrons. The molecule has 0 spiro atoms. The van der Waals surface area contributed by atoms with Crippen LogP contribution in [0.25, 0.3) is 66.3 Å². The Morgan fingerprint density at radius 1 is 0.469 bits per heavy atom. The number of benzene rings is 8. The second-order valence-electron chi connectivity index (χ2n) is 21.4. The Balaban J connectivity index is 1.32. The fraction of sp³-hybridized carbons (Fsp3) is 0.200. The molecule has 0 bridgehead atoms. The summed E-state index contributed by atoms with van der Waals surface area (Å²) in [7, 11) is 0. The van der Waals surface area contributed by atoms with Crippen LogP contribution < -0.4 is 20.6 Å². The Kier molecular flexibility index (Phi) is 8.12. The minimum Gasteiger partial charge on any atom is -0.456 e. The summed E-state index contributed by atoms with van der Waals surface area (Å²) in [4.78, 5) is 2.61. The van der Waals surface area contributed by atoms with E-state index in [2.05, 4.69) is 229 Å². The molecule has 64 heavy (non-hydrogen) atoms. The first-order valence-corrected chi connectivity index (χ1v) is 23.0. The maximum atomic E-state index is 6.79. The molecule has 1 aromatic heterocycles. The van der Waals surface area contributed by atoms with Gasteiger partial charge in [0, 0.05) is 55.4 Å². The number of rotatable bonds is 3. The van der Waals surface area contributed by atoms with Gasteiger partial charge >= 0.3 is 6.85 Å². The van der Waals surface area contributed by atoms with Gasteiger partial charge in [-0.15, -0.1) is 0 Å². The van der Waals surface area contributed by atoms with Gasteiger partial charge in [-0.25, -0.2) is 0 Å². The second-order valence-corrected chi connectivity index (χ2v) is 21.4. The quantitative estimate of drug-likeness (QED) is 0.165. The molecule has 0 fully saturated rings. The number of aromatic nitrogens is 1. The molecule has 0 amide bonds. The first-order chi connectivity index (χ1) is 30.7. The SMILES string of the molecule is CC(C)(C)c1ccc(N2c3cc(C(C)(C)C)cc4c3B(c3cc5c6c(cccc6c32)Oc2ccccc2-5)n2c(-c3ccccc3)c(-c3ccccc3)c3cc(C(C)(C)C)cc-4c32)cc1. The van der Waals surface area contributed by atoms with Crippen LogP contribution in [0.15, 0.2) is 158 Å². The van der Waals surface area contributed by atoms with Gasteiger partial charge in [-0.3, -0.25) is 0 Å². The largest absolute Gasteiger partial charge is 0.456 e. The summed E-state index contributed by atoms with van der Waals surface area (Å²) in [6.07, 6.45) is 0. The third-order valence-electron chi connectivity index (χ3n) is 14.2. The van der Waals surface area contributed by atoms with Crippen molar-refractivity contribution >= 4 is 56.5 Å². The zero-order valence-corrected chi connectivity index (χ0v) is 38.4. The van der Waals surface area contributed by atoms with Crippen LogP contribution in [0.3, 0.4) is 0 Å². The summed E-state index contributed by atoms with van der Waals surface area (Å²) in [6.45, 7) is 20.9. The van der Waals surface area contributed by atoms with Crippen LogP contribution >= 0.6 is 0 Å². The monoisotopic (exact) mass is 828 g/mol. The summed E-state index contributed by atoms with van der Waals surface area (Å²) in [5.41, 5.74) is 21.2. The molecular formula is C60H53BN2O. The standard InChI is InChI=1S/C60H53BN2O/c1-58(2,3)38-27-29-41(30-28-38)62-49-34-40(60(7,8)9)31-45-46-32-39(59(4,5)6)33-47-52(36-19-12-10-13-20-36)55(37-21-14-11-15-22-37)63(56(46)47)61(54(45)49)48-35-44-42-23-16-17-25-50(42)64-51-26-18-24-43(53(44)51)57(48)62/h10-35H,1-9H3. The van der Waals surface area contributed by atoms with E-state index in [9.17, 15) is 0 Å². The van der Waals surface area contributed by atoms with Crippen molar-refractivity contribution in [1.82, 2.24) is 4.48 Å². The summed E-state index contributed by atoms with van der Waals surface area (Å²) in [5.74, 6) is 1.79. The van der Waals surface area contributed by atoms with E-state index in [1.54, 1.807) is 0 Å². The van der Waals surface area contributed by atoms with Crippen molar-refractivity contribution in [2.75, 3.05) is 4.90 Å². The molecule has 9 aromatic rings. The number of hydrogen-bond acceptors (Lipinski definition) is 2. The maximum absolute atomic E-state index is 6.79. The average Bonchev–Trinajstić information content (AvgIpc) is 3.62. The number of para-hydroxylation sites is 1. The van der Waals surface area contributed by atoms with Crippen molar-refractivity contribution in [2.24, 2.45) is 0 Å². The highest BCUT2D eigenvalue weighted by Gasteiger charge is 2.46. The normalized spacial score (nSPS) is 13.8. The molecule has 4 heteroatoms. The predicted octanol–water partition coefficient (Wildman–Crippen LogP) is 15.2. The molecular weight excluding hydrogens is 775 g/mol. The highest BCUT2D eigenvalue weighted by atomic mass is 16.5. The molecule has 0 N–H and O–H groups in total. The van der Waals surface area contributed by atoms with Crippen molar-refractivity contribution in [3.05, 3.63) is 174 Å². The van der Waals surface area contributed by atoms with Crippen LogP contribution in [0.5, 0.6) is 11.5 Å². The fourth-order valence-corrected chi connectivity index (χ4v) is 10.9. The lowest BCUT2D eigenvalue weighted by atomic mass is 9.44. The van der Waals surface area contributed by atoms with Gasteiger partial charge in [-0.2, -0.15) is 0 Å². The zero-order chi connectivity index (χ0) is 44.0. The van der Waals surface area contributed by atoms with E-state index in [1.165, 1.54) is 94.4 Å². The smallest absolute Gasteiger partial charge is 0.333 e. The third-order valence-corrected chi connectivity index (χ3v) is 14.2. The van der Waals surface area contributed by atoms with Gasteiger partial charge in [0.05, 0.1) is 5.69 Å². The molecule has 0 radical (unpaired) electrons. The van der Waals surface area contributed by atoms with Crippen molar-refractivity contribution in [1.29, 1.82) is 0 Å². The van der Waals surface area contributed by atoms with Crippen LogP contribution in [-0.2, 0) is 16.2 Å². The Morgan fingerprint density at radius 2 is 1.08 bits per heavy atom. The summed E-state index contributed by atoms with van der Waals surface area (Å²) in [5, 5.41) is 3.64. The van der Waals surface area contributed by atoms with Crippen molar-refractivity contribution < 1.29 is 4.74 Å². The van der Waals surface area contributed by atoms with Gasteiger partial charge in [0.25, 0.3) is 0 Å². The highest BCUT2D eigenvalue weighted by Crippen LogP contribution is 2.55. The van der Waals surface area contributed by atoms with Crippen LogP contribution in [0.2, 0.25) is 0 Å². The molecule has 0 unspecified atom stereocenters. The fourth-order valence-electron chi connectivity index (χ4n) is 10.9. The van der Waals surface area contributed by atoms with Gasteiger partial charge in [0.15, 0.2) is 0 Å². The molecule has 3 nitrogen and oxygen atoms in total. The zero-order valence-electron chi connectivity index (χ0n) is 38.4. The molecule has 3 aliphatic rings. The molecule has 12 rings (SSSR count). The van der Waals surface area contributed by atoms with Crippen LogP contribution in [0, 0.1) is 0 Å². The Hall–Kier alpha value is -6.78. The molecule has 0 saturated carbocycles. The number of hydrogen-bond donors (Lipinski definition) is 0. The lowest BCUT2D eigenvalue weighted by Gasteiger charge is -2.43. The Labute approximate surface area is 378 Å². The first kappa shape index (κ1) is 38.9. The second kappa shape index (κ2) is 13.4. The molecule has 3 aliphatic heterocycles. The molecule has 4 heterocycles. The molecule has 0 atom stereocenters.